The van der Waals surface area contributed by atoms with Crippen LogP contribution in [0.3, 0.4) is 0 Å². The summed E-state index contributed by atoms with van der Waals surface area (Å²) in [4.78, 5) is 0. The van der Waals surface area contributed by atoms with Crippen molar-refractivity contribution < 1.29 is 0 Å². The van der Waals surface area contributed by atoms with Crippen molar-refractivity contribution in [2.45, 2.75) is 13.0 Å². The van der Waals surface area contributed by atoms with Gasteiger partial charge in [-0.05, 0) is 36.0 Å². The second-order valence-corrected chi connectivity index (χ2v) is 2.97. The maximum atomic E-state index is 3.94. The lowest BCUT2D eigenvalue weighted by Crippen LogP contribution is -2.12. The van der Waals surface area contributed by atoms with Gasteiger partial charge in [-0.2, -0.15) is 5.10 Å². The molecule has 0 saturated heterocycles. The monoisotopic (exact) mass is 203 g/mol. The summed E-state index contributed by atoms with van der Waals surface area (Å²) in [6.07, 6.45) is 0. The standard InChI is InChI=1S/C6H10BrN3/c1-4(8-2)5-3-6(7)10-9-5/h3-4,8H,1-2H3,(H,9,10). The van der Waals surface area contributed by atoms with Crippen molar-refractivity contribution in [1.29, 1.82) is 0 Å². The molecule has 0 saturated carbocycles. The van der Waals surface area contributed by atoms with Gasteiger partial charge in [-0.3, -0.25) is 5.10 Å². The molecule has 0 fully saturated rings. The minimum absolute atomic E-state index is 0.332. The highest BCUT2D eigenvalue weighted by Gasteiger charge is 2.03. The second kappa shape index (κ2) is 3.16. The van der Waals surface area contributed by atoms with Crippen LogP contribution in [-0.4, -0.2) is 17.2 Å². The van der Waals surface area contributed by atoms with Crippen molar-refractivity contribution in [3.8, 4) is 0 Å². The van der Waals surface area contributed by atoms with Crippen LogP contribution in [0.1, 0.15) is 18.7 Å². The van der Waals surface area contributed by atoms with Gasteiger partial charge in [0.2, 0.25) is 0 Å². The average molecular weight is 204 g/mol. The van der Waals surface area contributed by atoms with E-state index >= 15 is 0 Å². The van der Waals surface area contributed by atoms with E-state index in [1.54, 1.807) is 0 Å². The molecular weight excluding hydrogens is 194 g/mol. The number of hydrogen-bond donors (Lipinski definition) is 2. The number of H-pyrrole nitrogens is 1. The first-order valence-corrected chi connectivity index (χ1v) is 3.91. The maximum absolute atomic E-state index is 3.94. The Morgan fingerprint density at radius 1 is 1.80 bits per heavy atom. The van der Waals surface area contributed by atoms with E-state index in [0.29, 0.717) is 6.04 Å². The molecule has 1 unspecified atom stereocenters. The third-order valence-corrected chi connectivity index (χ3v) is 1.87. The normalized spacial score (nSPS) is 13.5. The molecule has 0 aromatic carbocycles. The van der Waals surface area contributed by atoms with Crippen LogP contribution in [-0.2, 0) is 0 Å². The van der Waals surface area contributed by atoms with Crippen molar-refractivity contribution in [2.24, 2.45) is 0 Å². The maximum Gasteiger partial charge on any atom is 0.128 e. The lowest BCUT2D eigenvalue weighted by Gasteiger charge is -2.04. The van der Waals surface area contributed by atoms with E-state index in [1.807, 2.05) is 13.1 Å². The minimum Gasteiger partial charge on any atom is -0.312 e. The van der Waals surface area contributed by atoms with E-state index in [2.05, 4.69) is 38.4 Å². The van der Waals surface area contributed by atoms with Crippen LogP contribution < -0.4 is 5.32 Å². The van der Waals surface area contributed by atoms with Crippen molar-refractivity contribution in [3.05, 3.63) is 16.4 Å². The van der Waals surface area contributed by atoms with Crippen molar-refractivity contribution in [3.63, 3.8) is 0 Å². The molecule has 0 aliphatic heterocycles. The summed E-state index contributed by atoms with van der Waals surface area (Å²) in [6.45, 7) is 2.07. The summed E-state index contributed by atoms with van der Waals surface area (Å²) in [6, 6.07) is 2.29. The predicted molar refractivity (Wildman–Crippen MR) is 43.8 cm³/mol. The SMILES string of the molecule is CNC(C)c1cc(Br)n[nH]1. The number of aromatic nitrogens is 2. The van der Waals surface area contributed by atoms with Gasteiger partial charge in [0, 0.05) is 6.04 Å². The van der Waals surface area contributed by atoms with Crippen LogP contribution >= 0.6 is 15.9 Å². The van der Waals surface area contributed by atoms with Gasteiger partial charge in [0.15, 0.2) is 0 Å². The third kappa shape index (κ3) is 1.58. The third-order valence-electron chi connectivity index (χ3n) is 1.47. The van der Waals surface area contributed by atoms with Crippen molar-refractivity contribution >= 4 is 15.9 Å². The van der Waals surface area contributed by atoms with Gasteiger partial charge in [0.1, 0.15) is 4.60 Å². The Hall–Kier alpha value is -0.350. The molecule has 10 heavy (non-hydrogen) atoms. The lowest BCUT2D eigenvalue weighted by atomic mass is 10.2. The zero-order chi connectivity index (χ0) is 7.56. The van der Waals surface area contributed by atoms with Gasteiger partial charge in [-0.15, -0.1) is 0 Å². The lowest BCUT2D eigenvalue weighted by molar-refractivity contribution is 0.630. The average Bonchev–Trinajstić information content (AvgIpc) is 2.34. The van der Waals surface area contributed by atoms with Gasteiger partial charge in [-0.25, -0.2) is 0 Å². The topological polar surface area (TPSA) is 40.7 Å². The molecule has 2 N–H and O–H groups in total. The number of nitrogens with one attached hydrogen (secondary N) is 2. The van der Waals surface area contributed by atoms with Gasteiger partial charge in [0.05, 0.1) is 5.69 Å². The summed E-state index contributed by atoms with van der Waals surface area (Å²) in [5.41, 5.74) is 1.09. The van der Waals surface area contributed by atoms with E-state index in [0.717, 1.165) is 10.3 Å². The van der Waals surface area contributed by atoms with E-state index < -0.39 is 0 Å². The molecule has 1 aromatic heterocycles. The highest BCUT2D eigenvalue weighted by atomic mass is 79.9. The molecule has 0 aliphatic rings. The Labute approximate surface area is 68.3 Å². The summed E-state index contributed by atoms with van der Waals surface area (Å²) >= 11 is 3.26. The summed E-state index contributed by atoms with van der Waals surface area (Å²) in [5, 5.41) is 9.94. The fourth-order valence-electron chi connectivity index (χ4n) is 0.688. The molecular formula is C6H10BrN3. The Bertz CT molecular complexity index is 209. The fourth-order valence-corrected chi connectivity index (χ4v) is 1.02. The molecule has 0 radical (unpaired) electrons. The van der Waals surface area contributed by atoms with Crippen LogP contribution in [0.5, 0.6) is 0 Å². The molecule has 56 valence electrons. The Morgan fingerprint density at radius 2 is 2.50 bits per heavy atom. The highest BCUT2D eigenvalue weighted by molar-refractivity contribution is 9.10. The summed E-state index contributed by atoms with van der Waals surface area (Å²) in [7, 11) is 1.92. The molecule has 1 aromatic rings. The number of nitrogens with zero attached hydrogens (tertiary/aromatic N) is 1. The first kappa shape index (κ1) is 7.75. The fraction of sp³-hybridized carbons (Fsp3) is 0.500. The Kier molecular flexibility index (Phi) is 2.45. The first-order chi connectivity index (χ1) is 4.74. The van der Waals surface area contributed by atoms with Gasteiger partial charge >= 0.3 is 0 Å². The molecule has 1 atom stereocenters. The molecule has 4 heteroatoms. The van der Waals surface area contributed by atoms with Gasteiger partial charge in [-0.1, -0.05) is 0 Å². The van der Waals surface area contributed by atoms with Crippen LogP contribution in [0, 0.1) is 0 Å². The van der Waals surface area contributed by atoms with E-state index in [1.165, 1.54) is 0 Å². The van der Waals surface area contributed by atoms with Crippen molar-refractivity contribution in [2.75, 3.05) is 7.05 Å². The summed E-state index contributed by atoms with van der Waals surface area (Å²) in [5.74, 6) is 0. The van der Waals surface area contributed by atoms with E-state index in [-0.39, 0.29) is 0 Å². The van der Waals surface area contributed by atoms with Crippen LogP contribution in [0.2, 0.25) is 0 Å². The number of rotatable bonds is 2. The minimum atomic E-state index is 0.332. The smallest absolute Gasteiger partial charge is 0.128 e. The quantitative estimate of drug-likeness (QED) is 0.765. The molecule has 0 spiro atoms. The molecule has 0 aliphatic carbocycles. The molecule has 0 amide bonds. The highest BCUT2D eigenvalue weighted by Crippen LogP contribution is 2.12. The van der Waals surface area contributed by atoms with Crippen molar-refractivity contribution in [1.82, 2.24) is 15.5 Å². The summed E-state index contributed by atoms with van der Waals surface area (Å²) < 4.78 is 0.851. The van der Waals surface area contributed by atoms with Gasteiger partial charge in [0.25, 0.3) is 0 Å². The Balaban J connectivity index is 2.74. The van der Waals surface area contributed by atoms with Gasteiger partial charge < -0.3 is 5.32 Å². The molecule has 1 heterocycles. The molecule has 0 bridgehead atoms. The van der Waals surface area contributed by atoms with Crippen LogP contribution in [0.4, 0.5) is 0 Å². The van der Waals surface area contributed by atoms with E-state index in [9.17, 15) is 0 Å². The van der Waals surface area contributed by atoms with E-state index in [4.69, 9.17) is 0 Å². The zero-order valence-corrected chi connectivity index (χ0v) is 7.57. The molecule has 1 rings (SSSR count). The number of hydrogen-bond acceptors (Lipinski definition) is 2. The Morgan fingerprint density at radius 3 is 2.90 bits per heavy atom. The second-order valence-electron chi connectivity index (χ2n) is 2.16. The molecule has 3 nitrogen and oxygen atoms in total. The zero-order valence-electron chi connectivity index (χ0n) is 5.98. The number of halogens is 1. The first-order valence-electron chi connectivity index (χ1n) is 3.12. The van der Waals surface area contributed by atoms with Crippen LogP contribution in [0.25, 0.3) is 0 Å². The largest absolute Gasteiger partial charge is 0.312 e. The number of aromatic amines is 1. The van der Waals surface area contributed by atoms with Crippen LogP contribution in [0.15, 0.2) is 10.7 Å². The predicted octanol–water partition coefficient (Wildman–Crippen LogP) is 1.45.